The number of nitrogens with zero attached hydrogens (tertiary/aromatic N) is 1. The topological polar surface area (TPSA) is 91.8 Å². The van der Waals surface area contributed by atoms with Crippen LogP contribution in [0, 0.1) is 11.6 Å². The summed E-state index contributed by atoms with van der Waals surface area (Å²) in [6.07, 6.45) is -5.97. The third-order valence-electron chi connectivity index (χ3n) is 7.24. The van der Waals surface area contributed by atoms with E-state index in [4.69, 9.17) is 16.3 Å². The van der Waals surface area contributed by atoms with Crippen LogP contribution in [0.4, 0.5) is 42.1 Å². The Morgan fingerprint density at radius 1 is 1.05 bits per heavy atom. The highest BCUT2D eigenvalue weighted by atomic mass is 35.5. The van der Waals surface area contributed by atoms with Crippen molar-refractivity contribution in [3.63, 3.8) is 0 Å². The molecule has 6 rings (SSSR count). The van der Waals surface area contributed by atoms with Crippen LogP contribution in [0.5, 0.6) is 0 Å². The highest BCUT2D eigenvalue weighted by Crippen LogP contribution is 2.50. The Labute approximate surface area is 243 Å². The third kappa shape index (κ3) is 5.46. The van der Waals surface area contributed by atoms with Crippen LogP contribution in [0.2, 0.25) is 5.02 Å². The molecule has 1 saturated carbocycles. The molecule has 0 bridgehead atoms. The number of amidine groups is 1. The summed E-state index contributed by atoms with van der Waals surface area (Å²) in [4.78, 5) is 30.4. The second-order valence-corrected chi connectivity index (χ2v) is 10.9. The van der Waals surface area contributed by atoms with E-state index < -0.39 is 71.1 Å². The zero-order valence-corrected chi connectivity index (χ0v) is 22.3. The normalized spacial score (nSPS) is 19.7. The van der Waals surface area contributed by atoms with E-state index in [1.807, 2.05) is 0 Å². The lowest BCUT2D eigenvalue weighted by Gasteiger charge is -2.40. The number of anilines is 2. The number of hydrogen-bond donors (Lipinski definition) is 3. The van der Waals surface area contributed by atoms with Crippen molar-refractivity contribution in [2.24, 2.45) is 4.99 Å². The number of rotatable bonds is 4. The van der Waals surface area contributed by atoms with Crippen LogP contribution < -0.4 is 16.0 Å². The highest BCUT2D eigenvalue weighted by molar-refractivity contribution is 6.31. The number of amides is 2. The van der Waals surface area contributed by atoms with Crippen molar-refractivity contribution < 1.29 is 45.1 Å². The molecule has 2 heterocycles. The molecule has 2 aliphatic heterocycles. The number of fused-ring (bicyclic) bond motifs is 1. The zero-order chi connectivity index (χ0) is 30.9. The standard InChI is InChI=1S/C28H18ClF7N4O3/c29-19-2-1-14(30)6-17(19)22-21-18(24(42)39-22)7-16(37-25-40-26(11-43-25)9-27(32,33)10-26)8-20(21)38-23(41)12-3-13(28(34,35)36)5-15(31)4-12/h1-8,22H,9-11H2,(H,37,40)(H,38,41)(H,39,42). The summed E-state index contributed by atoms with van der Waals surface area (Å²) < 4.78 is 100. The summed E-state index contributed by atoms with van der Waals surface area (Å²) in [6, 6.07) is 6.10. The molecular formula is C28H18ClF7N4O3. The first-order chi connectivity index (χ1) is 20.1. The maximum absolute atomic E-state index is 14.2. The molecule has 3 N–H and O–H groups in total. The Morgan fingerprint density at radius 3 is 2.49 bits per heavy atom. The number of aliphatic imine (C=N–C) groups is 1. The van der Waals surface area contributed by atoms with E-state index in [-0.39, 0.29) is 51.8 Å². The van der Waals surface area contributed by atoms with Gasteiger partial charge in [0.1, 0.15) is 23.8 Å². The first kappa shape index (κ1) is 28.8. The minimum Gasteiger partial charge on any atom is -0.462 e. The molecule has 3 aromatic carbocycles. The van der Waals surface area contributed by atoms with Gasteiger partial charge in [0, 0.05) is 51.5 Å². The van der Waals surface area contributed by atoms with E-state index >= 15 is 0 Å². The fourth-order valence-electron chi connectivity index (χ4n) is 5.42. The van der Waals surface area contributed by atoms with Crippen LogP contribution in [-0.2, 0) is 10.9 Å². The number of halogens is 8. The van der Waals surface area contributed by atoms with Gasteiger partial charge in [-0.2, -0.15) is 13.2 Å². The first-order valence-corrected chi connectivity index (χ1v) is 13.0. The summed E-state index contributed by atoms with van der Waals surface area (Å²) in [5, 5.41) is 7.88. The van der Waals surface area contributed by atoms with Gasteiger partial charge in [-0.3, -0.25) is 9.59 Å². The smallest absolute Gasteiger partial charge is 0.416 e. The Morgan fingerprint density at radius 2 is 1.79 bits per heavy atom. The molecule has 0 radical (unpaired) electrons. The van der Waals surface area contributed by atoms with Gasteiger partial charge < -0.3 is 20.7 Å². The van der Waals surface area contributed by atoms with Crippen LogP contribution in [-0.4, -0.2) is 35.9 Å². The van der Waals surface area contributed by atoms with Gasteiger partial charge in [-0.1, -0.05) is 11.6 Å². The molecule has 1 unspecified atom stereocenters. The van der Waals surface area contributed by atoms with Gasteiger partial charge in [-0.15, -0.1) is 0 Å². The second-order valence-electron chi connectivity index (χ2n) is 10.5. The predicted molar refractivity (Wildman–Crippen MR) is 140 cm³/mol. The van der Waals surface area contributed by atoms with E-state index in [1.54, 1.807) is 0 Å². The number of ether oxygens (including phenoxy) is 1. The largest absolute Gasteiger partial charge is 0.462 e. The fourth-order valence-corrected chi connectivity index (χ4v) is 5.65. The van der Waals surface area contributed by atoms with E-state index in [1.165, 1.54) is 18.2 Å². The minimum atomic E-state index is -4.94. The monoisotopic (exact) mass is 626 g/mol. The lowest BCUT2D eigenvalue weighted by Crippen LogP contribution is -2.51. The summed E-state index contributed by atoms with van der Waals surface area (Å²) in [6.45, 7) is -0.110. The van der Waals surface area contributed by atoms with Gasteiger partial charge >= 0.3 is 6.18 Å². The average molecular weight is 627 g/mol. The molecule has 15 heteroatoms. The number of nitrogens with one attached hydrogen (secondary N) is 3. The first-order valence-electron chi connectivity index (χ1n) is 12.6. The SMILES string of the molecule is O=C(Nc1cc(NC2=NC3(CO2)CC(F)(F)C3)cc2c1C(c1cc(F)ccc1Cl)NC2=O)c1cc(F)cc(C(F)(F)F)c1. The van der Waals surface area contributed by atoms with Crippen LogP contribution in [0.1, 0.15) is 56.3 Å². The van der Waals surface area contributed by atoms with Gasteiger partial charge in [0.2, 0.25) is 0 Å². The second kappa shape index (κ2) is 9.86. The molecule has 7 nitrogen and oxygen atoms in total. The zero-order valence-electron chi connectivity index (χ0n) is 21.5. The molecule has 2 amide bonds. The maximum atomic E-state index is 14.2. The third-order valence-corrected chi connectivity index (χ3v) is 7.58. The average Bonchev–Trinajstić information content (AvgIpc) is 3.44. The van der Waals surface area contributed by atoms with Gasteiger partial charge in [0.15, 0.2) is 0 Å². The molecule has 224 valence electrons. The van der Waals surface area contributed by atoms with Gasteiger partial charge in [-0.25, -0.2) is 22.6 Å². The molecule has 1 fully saturated rings. The van der Waals surface area contributed by atoms with Crippen molar-refractivity contribution >= 4 is 40.8 Å². The van der Waals surface area contributed by atoms with Crippen LogP contribution in [0.15, 0.2) is 53.5 Å². The number of carbonyl (C=O) groups excluding carboxylic acids is 2. The van der Waals surface area contributed by atoms with Crippen LogP contribution in [0.25, 0.3) is 0 Å². The number of alkyl halides is 5. The summed E-state index contributed by atoms with van der Waals surface area (Å²) in [7, 11) is 0. The lowest BCUT2D eigenvalue weighted by molar-refractivity contribution is -0.137. The quantitative estimate of drug-likeness (QED) is 0.282. The van der Waals surface area contributed by atoms with Crippen molar-refractivity contribution in [2.45, 2.75) is 36.5 Å². The molecule has 0 aromatic heterocycles. The molecule has 1 atom stereocenters. The van der Waals surface area contributed by atoms with Gasteiger partial charge in [0.25, 0.3) is 23.8 Å². The summed E-state index contributed by atoms with van der Waals surface area (Å²) in [5.74, 6) is -6.69. The van der Waals surface area contributed by atoms with Crippen molar-refractivity contribution in [1.29, 1.82) is 0 Å². The molecule has 1 spiro atoms. The van der Waals surface area contributed by atoms with E-state index in [9.17, 15) is 40.3 Å². The lowest BCUT2D eigenvalue weighted by atomic mass is 9.75. The van der Waals surface area contributed by atoms with E-state index in [0.717, 1.165) is 12.1 Å². The van der Waals surface area contributed by atoms with Crippen LogP contribution >= 0.6 is 11.6 Å². The molecular weight excluding hydrogens is 609 g/mol. The minimum absolute atomic E-state index is 0.0376. The van der Waals surface area contributed by atoms with Crippen molar-refractivity contribution in [3.8, 4) is 0 Å². The fraction of sp³-hybridized carbons (Fsp3) is 0.250. The predicted octanol–water partition coefficient (Wildman–Crippen LogP) is 6.69. The molecule has 3 aliphatic rings. The number of benzene rings is 3. The molecule has 3 aromatic rings. The molecule has 43 heavy (non-hydrogen) atoms. The Hall–Kier alpha value is -4.33. The van der Waals surface area contributed by atoms with E-state index in [0.29, 0.717) is 12.1 Å². The maximum Gasteiger partial charge on any atom is 0.416 e. The Kier molecular flexibility index (Phi) is 6.60. The summed E-state index contributed by atoms with van der Waals surface area (Å²) >= 11 is 6.28. The van der Waals surface area contributed by atoms with Crippen molar-refractivity contribution in [3.05, 3.63) is 93.0 Å². The highest BCUT2D eigenvalue weighted by Gasteiger charge is 2.59. The van der Waals surface area contributed by atoms with Gasteiger partial charge in [0.05, 0.1) is 11.6 Å². The summed E-state index contributed by atoms with van der Waals surface area (Å²) in [5.41, 5.74) is -3.05. The molecule has 1 aliphatic carbocycles. The van der Waals surface area contributed by atoms with Gasteiger partial charge in [-0.05, 0) is 48.5 Å². The van der Waals surface area contributed by atoms with E-state index in [2.05, 4.69) is 20.9 Å². The Bertz CT molecular complexity index is 1720. The number of carbonyl (C=O) groups is 2. The Balaban J connectivity index is 1.40. The van der Waals surface area contributed by atoms with Crippen molar-refractivity contribution in [2.75, 3.05) is 17.2 Å². The van der Waals surface area contributed by atoms with Crippen molar-refractivity contribution in [1.82, 2.24) is 5.32 Å². The van der Waals surface area contributed by atoms with Crippen LogP contribution in [0.3, 0.4) is 0 Å². The molecule has 0 saturated heterocycles. The number of hydrogen-bond acceptors (Lipinski definition) is 5.